The zero-order valence-electron chi connectivity index (χ0n) is 17.5. The van der Waals surface area contributed by atoms with E-state index in [1.165, 1.54) is 18.3 Å². The summed E-state index contributed by atoms with van der Waals surface area (Å²) in [5, 5.41) is 2.42. The van der Waals surface area contributed by atoms with Gasteiger partial charge in [-0.2, -0.15) is 0 Å². The normalized spacial score (nSPS) is 11.2. The monoisotopic (exact) mass is 415 g/mol. The number of carbonyl (C=O) groups excluding carboxylic acids is 2. The van der Waals surface area contributed by atoms with E-state index in [1.807, 2.05) is 40.6 Å². The van der Waals surface area contributed by atoms with E-state index in [4.69, 9.17) is 4.74 Å². The molecule has 0 radical (unpaired) electrons. The molecule has 0 aliphatic heterocycles. The van der Waals surface area contributed by atoms with Gasteiger partial charge in [-0.25, -0.2) is 4.98 Å². The van der Waals surface area contributed by atoms with Gasteiger partial charge in [0.2, 0.25) is 11.8 Å². The maximum atomic E-state index is 12.7. The van der Waals surface area contributed by atoms with Crippen LogP contribution in [0.2, 0.25) is 0 Å². The average molecular weight is 416 g/mol. The fourth-order valence-corrected chi connectivity index (χ4v) is 3.96. The minimum atomic E-state index is -0.114. The summed E-state index contributed by atoms with van der Waals surface area (Å²) >= 11 is 1.37. The quantitative estimate of drug-likeness (QED) is 0.536. The predicted molar refractivity (Wildman–Crippen MR) is 118 cm³/mol. The number of carbonyl (C=O) groups is 2. The second-order valence-electron chi connectivity index (χ2n) is 6.57. The molecule has 0 bridgehead atoms. The summed E-state index contributed by atoms with van der Waals surface area (Å²) in [5.41, 5.74) is 1.41. The van der Waals surface area contributed by atoms with Crippen molar-refractivity contribution in [3.8, 4) is 0 Å². The van der Waals surface area contributed by atoms with E-state index >= 15 is 0 Å². The number of para-hydroxylation sites is 1. The summed E-state index contributed by atoms with van der Waals surface area (Å²) in [6.45, 7) is 6.73. The van der Waals surface area contributed by atoms with E-state index in [0.717, 1.165) is 18.5 Å². The van der Waals surface area contributed by atoms with Crippen LogP contribution in [0.3, 0.4) is 0 Å². The number of aromatic nitrogens is 1. The Balaban J connectivity index is 2.17. The molecule has 1 heterocycles. The smallest absolute Gasteiger partial charge is 0.246 e. The first-order chi connectivity index (χ1) is 14.0. The van der Waals surface area contributed by atoms with Crippen LogP contribution < -0.4 is 4.90 Å². The lowest BCUT2D eigenvalue weighted by molar-refractivity contribution is -0.129. The highest BCUT2D eigenvalue weighted by atomic mass is 32.1. The van der Waals surface area contributed by atoms with Crippen molar-refractivity contribution in [1.82, 2.24) is 9.88 Å². The molecule has 0 spiro atoms. The molecular weight excluding hydrogens is 386 g/mol. The molecule has 0 atom stereocenters. The number of rotatable bonds is 10. The maximum Gasteiger partial charge on any atom is 0.246 e. The fourth-order valence-electron chi connectivity index (χ4n) is 3.10. The third kappa shape index (κ3) is 6.24. The van der Waals surface area contributed by atoms with Gasteiger partial charge < -0.3 is 9.64 Å². The maximum absolute atomic E-state index is 12.7. The highest BCUT2D eigenvalue weighted by molar-refractivity contribution is 7.14. The summed E-state index contributed by atoms with van der Waals surface area (Å²) in [6, 6.07) is 9.57. The van der Waals surface area contributed by atoms with Crippen LogP contribution in [0, 0.1) is 0 Å². The Kier molecular flexibility index (Phi) is 9.02. The van der Waals surface area contributed by atoms with E-state index in [0.29, 0.717) is 24.0 Å². The summed E-state index contributed by atoms with van der Waals surface area (Å²) in [4.78, 5) is 32.8. The molecule has 2 rings (SSSR count). The van der Waals surface area contributed by atoms with Crippen molar-refractivity contribution < 1.29 is 14.3 Å². The van der Waals surface area contributed by atoms with Crippen molar-refractivity contribution in [2.45, 2.75) is 39.7 Å². The number of methoxy groups -OCH3 is 1. The first kappa shape index (κ1) is 22.8. The highest BCUT2D eigenvalue weighted by Gasteiger charge is 2.20. The minimum Gasteiger partial charge on any atom is -0.383 e. The molecule has 0 aliphatic carbocycles. The average Bonchev–Trinajstić information content (AvgIpc) is 3.18. The Bertz CT molecular complexity index is 816. The van der Waals surface area contributed by atoms with E-state index in [1.54, 1.807) is 24.2 Å². The number of ether oxygens (including phenoxy) is 1. The van der Waals surface area contributed by atoms with Crippen LogP contribution >= 0.6 is 11.3 Å². The number of nitrogens with zero attached hydrogens (tertiary/aromatic N) is 3. The number of hydrogen-bond acceptors (Lipinski definition) is 5. The number of anilines is 2. The van der Waals surface area contributed by atoms with Crippen LogP contribution in [0.25, 0.3) is 6.08 Å². The Labute approximate surface area is 176 Å². The molecule has 2 aromatic rings. The van der Waals surface area contributed by atoms with Crippen LogP contribution in [-0.2, 0) is 14.3 Å². The van der Waals surface area contributed by atoms with Gasteiger partial charge in [-0.1, -0.05) is 32.0 Å². The molecular formula is C22H29N3O3S. The predicted octanol–water partition coefficient (Wildman–Crippen LogP) is 4.50. The molecule has 0 saturated carbocycles. The first-order valence-corrected chi connectivity index (χ1v) is 10.7. The van der Waals surface area contributed by atoms with Crippen molar-refractivity contribution >= 4 is 40.0 Å². The molecule has 0 N–H and O–H groups in total. The Morgan fingerprint density at radius 1 is 1.21 bits per heavy atom. The second kappa shape index (κ2) is 11.5. The summed E-state index contributed by atoms with van der Waals surface area (Å²) < 4.78 is 5.15. The van der Waals surface area contributed by atoms with E-state index in [-0.39, 0.29) is 17.9 Å². The van der Waals surface area contributed by atoms with Gasteiger partial charge in [-0.05, 0) is 31.1 Å². The molecule has 29 heavy (non-hydrogen) atoms. The molecule has 6 nitrogen and oxygen atoms in total. The van der Waals surface area contributed by atoms with Crippen LogP contribution in [0.1, 0.15) is 39.3 Å². The number of thiazole rings is 1. The van der Waals surface area contributed by atoms with Crippen LogP contribution in [0.15, 0.2) is 41.8 Å². The summed E-state index contributed by atoms with van der Waals surface area (Å²) in [6.07, 6.45) is 5.04. The third-order valence-corrected chi connectivity index (χ3v) is 5.47. The number of hydrogen-bond donors (Lipinski definition) is 0. The molecule has 7 heteroatoms. The van der Waals surface area contributed by atoms with Crippen molar-refractivity contribution in [2.24, 2.45) is 0 Å². The zero-order valence-corrected chi connectivity index (χ0v) is 18.3. The number of benzene rings is 1. The van der Waals surface area contributed by atoms with Gasteiger partial charge in [0.05, 0.1) is 18.0 Å². The van der Waals surface area contributed by atoms with E-state index < -0.39 is 0 Å². The topological polar surface area (TPSA) is 62.7 Å². The SMILES string of the molecule is CCC(CC)N(CCOC)C(=O)C=Cc1csc(N(C(C)=O)c2ccccc2)n1. The zero-order chi connectivity index (χ0) is 21.2. The lowest BCUT2D eigenvalue weighted by Gasteiger charge is -2.29. The molecule has 1 aromatic heterocycles. The van der Waals surface area contributed by atoms with Crippen LogP contribution in [0.5, 0.6) is 0 Å². The summed E-state index contributed by atoms with van der Waals surface area (Å²) in [7, 11) is 1.63. The molecule has 0 saturated heterocycles. The molecule has 2 amide bonds. The lowest BCUT2D eigenvalue weighted by Crippen LogP contribution is -2.40. The van der Waals surface area contributed by atoms with Gasteiger partial charge in [0.1, 0.15) is 0 Å². The van der Waals surface area contributed by atoms with Gasteiger partial charge in [0, 0.05) is 38.1 Å². The standard InChI is InChI=1S/C22H29N3O3S/c1-5-19(6-2)24(14-15-28-4)21(27)13-12-18-16-29-22(23-18)25(17(3)26)20-10-8-7-9-11-20/h7-13,16,19H,5-6,14-15H2,1-4H3. The van der Waals surface area contributed by atoms with Gasteiger partial charge in [0.25, 0.3) is 0 Å². The van der Waals surface area contributed by atoms with Crippen molar-refractivity contribution in [2.75, 3.05) is 25.2 Å². The molecule has 0 aliphatic rings. The molecule has 1 aromatic carbocycles. The Morgan fingerprint density at radius 3 is 2.48 bits per heavy atom. The first-order valence-electron chi connectivity index (χ1n) is 9.80. The Hall–Kier alpha value is -2.51. The van der Waals surface area contributed by atoms with Gasteiger partial charge >= 0.3 is 0 Å². The van der Waals surface area contributed by atoms with Gasteiger partial charge in [-0.15, -0.1) is 11.3 Å². The van der Waals surface area contributed by atoms with E-state index in [2.05, 4.69) is 18.8 Å². The van der Waals surface area contributed by atoms with Crippen molar-refractivity contribution in [1.29, 1.82) is 0 Å². The van der Waals surface area contributed by atoms with Gasteiger partial charge in [0.15, 0.2) is 5.13 Å². The van der Waals surface area contributed by atoms with Crippen LogP contribution in [0.4, 0.5) is 10.8 Å². The number of amides is 2. The molecule has 0 unspecified atom stereocenters. The minimum absolute atomic E-state index is 0.0585. The van der Waals surface area contributed by atoms with E-state index in [9.17, 15) is 9.59 Å². The second-order valence-corrected chi connectivity index (χ2v) is 7.41. The summed E-state index contributed by atoms with van der Waals surface area (Å²) in [5.74, 6) is -0.173. The van der Waals surface area contributed by atoms with Gasteiger partial charge in [-0.3, -0.25) is 14.5 Å². The van der Waals surface area contributed by atoms with Crippen molar-refractivity contribution in [3.63, 3.8) is 0 Å². The van der Waals surface area contributed by atoms with Crippen LogP contribution in [-0.4, -0.2) is 48.0 Å². The third-order valence-electron chi connectivity index (χ3n) is 4.63. The molecule has 0 fully saturated rings. The Morgan fingerprint density at radius 2 is 1.90 bits per heavy atom. The van der Waals surface area contributed by atoms with Crippen molar-refractivity contribution in [3.05, 3.63) is 47.5 Å². The lowest BCUT2D eigenvalue weighted by atomic mass is 10.1. The molecule has 156 valence electrons. The highest BCUT2D eigenvalue weighted by Crippen LogP contribution is 2.29. The largest absolute Gasteiger partial charge is 0.383 e. The fraction of sp³-hybridized carbons (Fsp3) is 0.409.